The molecule has 0 aromatic heterocycles. The summed E-state index contributed by atoms with van der Waals surface area (Å²) in [6, 6.07) is 10.6. The highest BCUT2D eigenvalue weighted by Gasteiger charge is 2.30. The van der Waals surface area contributed by atoms with E-state index in [-0.39, 0.29) is 5.56 Å². The van der Waals surface area contributed by atoms with Crippen LogP contribution in [0.5, 0.6) is 0 Å². The quantitative estimate of drug-likeness (QED) is 0.691. The Bertz CT molecular complexity index is 912. The first-order valence-electron chi connectivity index (χ1n) is 7.75. The second kappa shape index (κ2) is 7.38. The maximum atomic E-state index is 14.1. The number of carbonyl (C=O) groups is 1. The molecule has 1 amide bonds. The molecule has 1 heterocycles. The summed E-state index contributed by atoms with van der Waals surface area (Å²) in [4.78, 5) is 12.0. The summed E-state index contributed by atoms with van der Waals surface area (Å²) in [6.45, 7) is 0.751. The maximum Gasteiger partial charge on any atom is 0.255 e. The Morgan fingerprint density at radius 3 is 2.48 bits per heavy atom. The molecular formula is C17H16FIN2O3S. The molecule has 0 spiro atoms. The van der Waals surface area contributed by atoms with Gasteiger partial charge in [0.25, 0.3) is 5.91 Å². The fourth-order valence-electron chi connectivity index (χ4n) is 2.67. The lowest BCUT2D eigenvalue weighted by Gasteiger charge is -2.16. The zero-order valence-electron chi connectivity index (χ0n) is 13.2. The van der Waals surface area contributed by atoms with Gasteiger partial charge in [-0.2, -0.15) is 4.31 Å². The van der Waals surface area contributed by atoms with Crippen molar-refractivity contribution in [3.8, 4) is 0 Å². The van der Waals surface area contributed by atoms with E-state index in [0.29, 0.717) is 18.8 Å². The summed E-state index contributed by atoms with van der Waals surface area (Å²) in [5, 5.41) is 2.72. The normalized spacial score (nSPS) is 15.3. The molecule has 3 rings (SSSR count). The average Bonchev–Trinajstić information content (AvgIpc) is 3.12. The third kappa shape index (κ3) is 3.85. The Kier molecular flexibility index (Phi) is 5.40. The van der Waals surface area contributed by atoms with Gasteiger partial charge in [-0.3, -0.25) is 4.79 Å². The molecule has 5 nitrogen and oxygen atoms in total. The van der Waals surface area contributed by atoms with Gasteiger partial charge >= 0.3 is 0 Å². The van der Waals surface area contributed by atoms with E-state index in [4.69, 9.17) is 0 Å². The van der Waals surface area contributed by atoms with Gasteiger partial charge in [-0.25, -0.2) is 12.8 Å². The summed E-state index contributed by atoms with van der Waals surface area (Å²) in [5.41, 5.74) is 0.709. The highest BCUT2D eigenvalue weighted by Crippen LogP contribution is 2.25. The summed E-state index contributed by atoms with van der Waals surface area (Å²) >= 11 is 2.09. The lowest BCUT2D eigenvalue weighted by Crippen LogP contribution is -2.29. The number of anilines is 1. The number of rotatable bonds is 4. The minimum absolute atomic E-state index is 0.0961. The number of halogens is 2. The molecule has 0 radical (unpaired) electrons. The van der Waals surface area contributed by atoms with Gasteiger partial charge in [-0.15, -0.1) is 0 Å². The molecule has 0 unspecified atom stereocenters. The Hall–Kier alpha value is -1.52. The fraction of sp³-hybridized carbons (Fsp3) is 0.235. The van der Waals surface area contributed by atoms with Crippen LogP contribution in [-0.2, 0) is 10.0 Å². The molecule has 2 aromatic carbocycles. The van der Waals surface area contributed by atoms with Crippen molar-refractivity contribution in [1.82, 2.24) is 4.31 Å². The minimum Gasteiger partial charge on any atom is -0.321 e. The molecule has 1 N–H and O–H groups in total. The van der Waals surface area contributed by atoms with Crippen molar-refractivity contribution in [3.63, 3.8) is 0 Å². The number of carbonyl (C=O) groups excluding carboxylic acids is 1. The van der Waals surface area contributed by atoms with Crippen LogP contribution >= 0.6 is 22.6 Å². The van der Waals surface area contributed by atoms with Gasteiger partial charge < -0.3 is 5.32 Å². The first-order chi connectivity index (χ1) is 11.9. The SMILES string of the molecule is O=C(Nc1ccccc1I)c1ccc(F)c(S(=O)(=O)N2CCCC2)c1. The molecule has 25 heavy (non-hydrogen) atoms. The van der Waals surface area contributed by atoms with Crippen molar-refractivity contribution in [1.29, 1.82) is 0 Å². The van der Waals surface area contributed by atoms with Crippen LogP contribution in [0.15, 0.2) is 47.4 Å². The van der Waals surface area contributed by atoms with Crippen molar-refractivity contribution in [3.05, 3.63) is 57.4 Å². The van der Waals surface area contributed by atoms with Crippen LogP contribution in [0.2, 0.25) is 0 Å². The van der Waals surface area contributed by atoms with Crippen molar-refractivity contribution in [2.45, 2.75) is 17.7 Å². The van der Waals surface area contributed by atoms with E-state index in [1.165, 1.54) is 10.4 Å². The molecule has 8 heteroatoms. The first kappa shape index (κ1) is 18.3. The number of nitrogens with zero attached hydrogens (tertiary/aromatic N) is 1. The third-order valence-corrected chi connectivity index (χ3v) is 6.85. The summed E-state index contributed by atoms with van der Waals surface area (Å²) < 4.78 is 41.4. The van der Waals surface area contributed by atoms with Crippen molar-refractivity contribution in [2.75, 3.05) is 18.4 Å². The topological polar surface area (TPSA) is 66.5 Å². The number of para-hydroxylation sites is 1. The summed E-state index contributed by atoms with van der Waals surface area (Å²) in [7, 11) is -3.93. The maximum absolute atomic E-state index is 14.1. The second-order valence-corrected chi connectivity index (χ2v) is 8.76. The van der Waals surface area contributed by atoms with Crippen LogP contribution in [0.4, 0.5) is 10.1 Å². The third-order valence-electron chi connectivity index (χ3n) is 4.00. The largest absolute Gasteiger partial charge is 0.321 e. The molecule has 1 aliphatic rings. The summed E-state index contributed by atoms with van der Waals surface area (Å²) in [6.07, 6.45) is 1.51. The van der Waals surface area contributed by atoms with E-state index in [2.05, 4.69) is 27.9 Å². The Morgan fingerprint density at radius 1 is 1.12 bits per heavy atom. The molecule has 2 aromatic rings. The van der Waals surface area contributed by atoms with Crippen LogP contribution in [0.25, 0.3) is 0 Å². The van der Waals surface area contributed by atoms with Gasteiger partial charge in [0.15, 0.2) is 0 Å². The molecule has 1 aliphatic heterocycles. The molecule has 132 valence electrons. The fourth-order valence-corrected chi connectivity index (χ4v) is 4.80. The second-order valence-electron chi connectivity index (χ2n) is 5.69. The minimum atomic E-state index is -3.93. The van der Waals surface area contributed by atoms with E-state index in [1.807, 2.05) is 12.1 Å². The highest BCUT2D eigenvalue weighted by atomic mass is 127. The number of hydrogen-bond acceptors (Lipinski definition) is 3. The van der Waals surface area contributed by atoms with Crippen LogP contribution in [0.1, 0.15) is 23.2 Å². The predicted octanol–water partition coefficient (Wildman–Crippen LogP) is 3.47. The van der Waals surface area contributed by atoms with Crippen LogP contribution in [0.3, 0.4) is 0 Å². The van der Waals surface area contributed by atoms with E-state index in [0.717, 1.165) is 28.5 Å². The van der Waals surface area contributed by atoms with E-state index in [1.54, 1.807) is 12.1 Å². The molecule has 0 saturated carbocycles. The van der Waals surface area contributed by atoms with Crippen LogP contribution in [0, 0.1) is 9.39 Å². The van der Waals surface area contributed by atoms with Gasteiger partial charge in [-0.1, -0.05) is 12.1 Å². The Labute approximate surface area is 159 Å². The standard InChI is InChI=1S/C17H16FIN2O3S/c18-13-8-7-12(17(22)20-15-6-2-1-5-14(15)19)11-16(13)25(23,24)21-9-3-4-10-21/h1-2,5-8,11H,3-4,9-10H2,(H,20,22). The highest BCUT2D eigenvalue weighted by molar-refractivity contribution is 14.1. The van der Waals surface area contributed by atoms with Crippen molar-refractivity contribution >= 4 is 44.2 Å². The Morgan fingerprint density at radius 2 is 1.80 bits per heavy atom. The molecule has 0 aliphatic carbocycles. The number of nitrogens with one attached hydrogen (secondary N) is 1. The number of sulfonamides is 1. The molecular weight excluding hydrogens is 458 g/mol. The van der Waals surface area contributed by atoms with Crippen molar-refractivity contribution in [2.24, 2.45) is 0 Å². The zero-order valence-corrected chi connectivity index (χ0v) is 16.2. The lowest BCUT2D eigenvalue weighted by atomic mass is 10.2. The molecule has 0 atom stereocenters. The monoisotopic (exact) mass is 474 g/mol. The van der Waals surface area contributed by atoms with Gasteiger partial charge in [-0.05, 0) is 65.8 Å². The van der Waals surface area contributed by atoms with Crippen LogP contribution < -0.4 is 5.32 Å². The lowest BCUT2D eigenvalue weighted by molar-refractivity contribution is 0.102. The van der Waals surface area contributed by atoms with Crippen molar-refractivity contribution < 1.29 is 17.6 Å². The van der Waals surface area contributed by atoms with Crippen LogP contribution in [-0.4, -0.2) is 31.7 Å². The van der Waals surface area contributed by atoms with E-state index in [9.17, 15) is 17.6 Å². The van der Waals surface area contributed by atoms with Gasteiger partial charge in [0, 0.05) is 22.2 Å². The van der Waals surface area contributed by atoms with Gasteiger partial charge in [0.1, 0.15) is 10.7 Å². The molecule has 1 saturated heterocycles. The van der Waals surface area contributed by atoms with E-state index < -0.39 is 26.6 Å². The molecule has 1 fully saturated rings. The number of benzene rings is 2. The predicted molar refractivity (Wildman–Crippen MR) is 102 cm³/mol. The van der Waals surface area contributed by atoms with E-state index >= 15 is 0 Å². The first-order valence-corrected chi connectivity index (χ1v) is 10.3. The molecule has 0 bridgehead atoms. The zero-order chi connectivity index (χ0) is 18.0. The van der Waals surface area contributed by atoms with Gasteiger partial charge in [0.05, 0.1) is 5.69 Å². The number of amides is 1. The average molecular weight is 474 g/mol. The summed E-state index contributed by atoms with van der Waals surface area (Å²) in [5.74, 6) is -1.33. The van der Waals surface area contributed by atoms with Gasteiger partial charge in [0.2, 0.25) is 10.0 Å². The Balaban J connectivity index is 1.91. The smallest absolute Gasteiger partial charge is 0.255 e. The number of hydrogen-bond donors (Lipinski definition) is 1.